The van der Waals surface area contributed by atoms with E-state index in [9.17, 15) is 4.79 Å². The van der Waals surface area contributed by atoms with Gasteiger partial charge < -0.3 is 10.8 Å². The van der Waals surface area contributed by atoms with E-state index in [1.54, 1.807) is 18.3 Å². The minimum atomic E-state index is -0.861. The molecule has 0 aliphatic heterocycles. The summed E-state index contributed by atoms with van der Waals surface area (Å²) >= 11 is 5.80. The molecule has 4 nitrogen and oxygen atoms in total. The molecule has 14 heavy (non-hydrogen) atoms. The van der Waals surface area contributed by atoms with Crippen LogP contribution in [0.4, 0.5) is 0 Å². The van der Waals surface area contributed by atoms with Gasteiger partial charge in [-0.25, -0.2) is 4.98 Å². The minimum Gasteiger partial charge on any atom is -0.481 e. The second-order valence-electron chi connectivity index (χ2n) is 2.92. The molecule has 0 amide bonds. The summed E-state index contributed by atoms with van der Waals surface area (Å²) in [7, 11) is 0. The highest BCUT2D eigenvalue weighted by Crippen LogP contribution is 2.21. The van der Waals surface area contributed by atoms with E-state index in [1.165, 1.54) is 0 Å². The van der Waals surface area contributed by atoms with E-state index >= 15 is 0 Å². The molecular weight excluding hydrogens is 204 g/mol. The summed E-state index contributed by atoms with van der Waals surface area (Å²) in [5, 5.41) is 8.81. The molecular formula is C9H11ClN2O2. The van der Waals surface area contributed by atoms with E-state index in [4.69, 9.17) is 22.4 Å². The average molecular weight is 215 g/mol. The number of hydrogen-bond donors (Lipinski definition) is 2. The van der Waals surface area contributed by atoms with E-state index in [1.807, 2.05) is 0 Å². The summed E-state index contributed by atoms with van der Waals surface area (Å²) in [6.45, 7) is 0. The molecule has 0 aliphatic rings. The SMILES string of the molecule is NC(CCC(=O)O)c1cccnc1Cl. The van der Waals surface area contributed by atoms with E-state index in [-0.39, 0.29) is 12.5 Å². The van der Waals surface area contributed by atoms with Gasteiger partial charge in [-0.2, -0.15) is 0 Å². The van der Waals surface area contributed by atoms with Crippen LogP contribution < -0.4 is 5.73 Å². The highest BCUT2D eigenvalue weighted by Gasteiger charge is 2.11. The third kappa shape index (κ3) is 2.97. The summed E-state index contributed by atoms with van der Waals surface area (Å²) in [6, 6.07) is 3.11. The monoisotopic (exact) mass is 214 g/mol. The summed E-state index contributed by atoms with van der Waals surface area (Å²) < 4.78 is 0. The zero-order valence-corrected chi connectivity index (χ0v) is 8.24. The summed E-state index contributed by atoms with van der Waals surface area (Å²) in [5.74, 6) is -0.861. The van der Waals surface area contributed by atoms with Crippen LogP contribution in [-0.2, 0) is 4.79 Å². The fraction of sp³-hybridized carbons (Fsp3) is 0.333. The molecule has 1 aromatic rings. The topological polar surface area (TPSA) is 76.2 Å². The Hall–Kier alpha value is -1.13. The van der Waals surface area contributed by atoms with Gasteiger partial charge in [0.1, 0.15) is 5.15 Å². The summed E-state index contributed by atoms with van der Waals surface area (Å²) in [6.07, 6.45) is 1.96. The molecule has 1 unspecified atom stereocenters. The number of pyridine rings is 1. The van der Waals surface area contributed by atoms with Gasteiger partial charge in [0.25, 0.3) is 0 Å². The van der Waals surface area contributed by atoms with E-state index in [0.717, 1.165) is 0 Å². The van der Waals surface area contributed by atoms with Crippen molar-refractivity contribution in [3.05, 3.63) is 29.0 Å². The van der Waals surface area contributed by atoms with Crippen LogP contribution in [0, 0.1) is 0 Å². The molecule has 0 saturated heterocycles. The molecule has 76 valence electrons. The van der Waals surface area contributed by atoms with Crippen molar-refractivity contribution in [3.8, 4) is 0 Å². The summed E-state index contributed by atoms with van der Waals surface area (Å²) in [4.78, 5) is 14.2. The van der Waals surface area contributed by atoms with Gasteiger partial charge >= 0.3 is 5.97 Å². The van der Waals surface area contributed by atoms with Gasteiger partial charge in [-0.15, -0.1) is 0 Å². The number of carbonyl (C=O) groups is 1. The van der Waals surface area contributed by atoms with Crippen LogP contribution in [0.15, 0.2) is 18.3 Å². The lowest BCUT2D eigenvalue weighted by Gasteiger charge is -2.10. The van der Waals surface area contributed by atoms with Gasteiger partial charge in [0.05, 0.1) is 0 Å². The predicted octanol–water partition coefficient (Wildman–Crippen LogP) is 1.60. The molecule has 0 saturated carbocycles. The Morgan fingerprint density at radius 3 is 3.00 bits per heavy atom. The Kier molecular flexibility index (Phi) is 3.85. The standard InChI is InChI=1S/C9H11ClN2O2/c10-9-6(2-1-5-12-9)7(11)3-4-8(13)14/h1-2,5,7H,3-4,11H2,(H,13,14). The van der Waals surface area contributed by atoms with Crippen molar-refractivity contribution in [1.29, 1.82) is 0 Å². The molecule has 0 aromatic carbocycles. The summed E-state index contributed by atoms with van der Waals surface area (Å²) in [5.41, 5.74) is 6.45. The Labute approximate surface area is 86.7 Å². The number of rotatable bonds is 4. The first-order chi connectivity index (χ1) is 6.61. The molecule has 5 heteroatoms. The zero-order valence-electron chi connectivity index (χ0n) is 7.48. The maximum atomic E-state index is 10.3. The second-order valence-corrected chi connectivity index (χ2v) is 3.28. The molecule has 1 heterocycles. The normalized spacial score (nSPS) is 12.4. The first-order valence-electron chi connectivity index (χ1n) is 4.19. The molecule has 1 aromatic heterocycles. The lowest BCUT2D eigenvalue weighted by molar-refractivity contribution is -0.137. The number of nitrogens with zero attached hydrogens (tertiary/aromatic N) is 1. The Morgan fingerprint density at radius 1 is 1.71 bits per heavy atom. The third-order valence-corrected chi connectivity index (χ3v) is 2.17. The van der Waals surface area contributed by atoms with Crippen LogP contribution in [0.1, 0.15) is 24.4 Å². The van der Waals surface area contributed by atoms with Crippen molar-refractivity contribution in [3.63, 3.8) is 0 Å². The van der Waals surface area contributed by atoms with Crippen LogP contribution >= 0.6 is 11.6 Å². The number of nitrogens with two attached hydrogens (primary N) is 1. The number of aromatic nitrogens is 1. The van der Waals surface area contributed by atoms with Gasteiger partial charge in [-0.1, -0.05) is 17.7 Å². The minimum absolute atomic E-state index is 0.0341. The van der Waals surface area contributed by atoms with E-state index < -0.39 is 5.97 Å². The van der Waals surface area contributed by atoms with Gasteiger partial charge in [0.2, 0.25) is 0 Å². The zero-order chi connectivity index (χ0) is 10.6. The first-order valence-corrected chi connectivity index (χ1v) is 4.57. The van der Waals surface area contributed by atoms with E-state index in [2.05, 4.69) is 4.98 Å². The van der Waals surface area contributed by atoms with Crippen molar-refractivity contribution in [1.82, 2.24) is 4.98 Å². The molecule has 0 aliphatic carbocycles. The number of aliphatic carboxylic acids is 1. The van der Waals surface area contributed by atoms with Crippen LogP contribution in [-0.4, -0.2) is 16.1 Å². The molecule has 0 fully saturated rings. The fourth-order valence-electron chi connectivity index (χ4n) is 1.11. The predicted molar refractivity (Wildman–Crippen MR) is 53.0 cm³/mol. The Morgan fingerprint density at radius 2 is 2.43 bits per heavy atom. The maximum Gasteiger partial charge on any atom is 0.303 e. The molecule has 1 rings (SSSR count). The number of carboxylic acids is 1. The number of halogens is 1. The van der Waals surface area contributed by atoms with Crippen LogP contribution in [0.5, 0.6) is 0 Å². The highest BCUT2D eigenvalue weighted by molar-refractivity contribution is 6.30. The molecule has 0 spiro atoms. The van der Waals surface area contributed by atoms with E-state index in [0.29, 0.717) is 17.1 Å². The van der Waals surface area contributed by atoms with Crippen molar-refractivity contribution < 1.29 is 9.90 Å². The average Bonchev–Trinajstić information content (AvgIpc) is 2.15. The van der Waals surface area contributed by atoms with Crippen molar-refractivity contribution in [2.75, 3.05) is 0 Å². The second kappa shape index (κ2) is 4.93. The number of carboxylic acid groups (broad SMARTS) is 1. The largest absolute Gasteiger partial charge is 0.481 e. The fourth-order valence-corrected chi connectivity index (χ4v) is 1.37. The maximum absolute atomic E-state index is 10.3. The Bertz CT molecular complexity index is 330. The lowest BCUT2D eigenvalue weighted by Crippen LogP contribution is -2.13. The number of hydrogen-bond acceptors (Lipinski definition) is 3. The molecule has 3 N–H and O–H groups in total. The molecule has 0 bridgehead atoms. The van der Waals surface area contributed by atoms with Gasteiger partial charge in [0, 0.05) is 24.2 Å². The van der Waals surface area contributed by atoms with Crippen molar-refractivity contribution in [2.45, 2.75) is 18.9 Å². The van der Waals surface area contributed by atoms with Gasteiger partial charge in [-0.3, -0.25) is 4.79 Å². The highest BCUT2D eigenvalue weighted by atomic mass is 35.5. The van der Waals surface area contributed by atoms with Gasteiger partial charge in [-0.05, 0) is 12.5 Å². The molecule has 1 atom stereocenters. The van der Waals surface area contributed by atoms with Gasteiger partial charge in [0.15, 0.2) is 0 Å². The lowest BCUT2D eigenvalue weighted by atomic mass is 10.1. The Balaban J connectivity index is 2.65. The smallest absolute Gasteiger partial charge is 0.303 e. The first kappa shape index (κ1) is 10.9. The molecule has 0 radical (unpaired) electrons. The van der Waals surface area contributed by atoms with Crippen LogP contribution in [0.3, 0.4) is 0 Å². The van der Waals surface area contributed by atoms with Crippen LogP contribution in [0.2, 0.25) is 5.15 Å². The van der Waals surface area contributed by atoms with Crippen molar-refractivity contribution >= 4 is 17.6 Å². The van der Waals surface area contributed by atoms with Crippen molar-refractivity contribution in [2.24, 2.45) is 5.73 Å². The van der Waals surface area contributed by atoms with Crippen LogP contribution in [0.25, 0.3) is 0 Å². The quantitative estimate of drug-likeness (QED) is 0.747. The third-order valence-electron chi connectivity index (χ3n) is 1.86.